The van der Waals surface area contributed by atoms with Gasteiger partial charge in [0.25, 0.3) is 5.91 Å². The number of carbonyl (C=O) groups excluding carboxylic acids is 1. The third-order valence-electron chi connectivity index (χ3n) is 4.07. The molecular weight excluding hydrogens is 318 g/mol. The highest BCUT2D eigenvalue weighted by atomic mass is 16.5. The van der Waals surface area contributed by atoms with E-state index in [4.69, 9.17) is 4.52 Å². The predicted octanol–water partition coefficient (Wildman–Crippen LogP) is 2.36. The summed E-state index contributed by atoms with van der Waals surface area (Å²) in [5, 5.41) is 0. The Kier molecular flexibility index (Phi) is 4.79. The number of rotatable bonds is 5. The molecule has 25 heavy (non-hydrogen) atoms. The van der Waals surface area contributed by atoms with Crippen LogP contribution in [-0.4, -0.2) is 34.1 Å². The lowest BCUT2D eigenvalue weighted by atomic mass is 10.1. The Morgan fingerprint density at radius 2 is 1.84 bits per heavy atom. The van der Waals surface area contributed by atoms with Gasteiger partial charge in [0.05, 0.1) is 0 Å². The fourth-order valence-corrected chi connectivity index (χ4v) is 2.70. The minimum atomic E-state index is -0.514. The van der Waals surface area contributed by atoms with Crippen LogP contribution in [0.1, 0.15) is 16.1 Å². The molecule has 3 aromatic rings. The van der Waals surface area contributed by atoms with Gasteiger partial charge in [-0.05, 0) is 29.7 Å². The molecule has 6 heteroatoms. The molecule has 0 saturated heterocycles. The highest BCUT2D eigenvalue weighted by Gasteiger charge is 2.25. The highest BCUT2D eigenvalue weighted by molar-refractivity contribution is 5.98. The van der Waals surface area contributed by atoms with Crippen LogP contribution in [0.2, 0.25) is 0 Å². The molecule has 3 rings (SSSR count). The van der Waals surface area contributed by atoms with Crippen molar-refractivity contribution in [1.29, 1.82) is 0 Å². The number of benzene rings is 1. The lowest BCUT2D eigenvalue weighted by molar-refractivity contribution is 0.0775. The third kappa shape index (κ3) is 3.52. The molecule has 1 aromatic carbocycles. The van der Waals surface area contributed by atoms with Crippen molar-refractivity contribution in [3.8, 4) is 11.1 Å². The van der Waals surface area contributed by atoms with Gasteiger partial charge in [-0.25, -0.2) is 9.53 Å². The lowest BCUT2D eigenvalue weighted by Gasteiger charge is -2.17. The summed E-state index contributed by atoms with van der Waals surface area (Å²) in [6, 6.07) is 12.9. The van der Waals surface area contributed by atoms with Crippen molar-refractivity contribution in [3.63, 3.8) is 0 Å². The Bertz CT molecular complexity index is 914. The number of hydrogen-bond donors (Lipinski definition) is 0. The van der Waals surface area contributed by atoms with Gasteiger partial charge in [0.2, 0.25) is 0 Å². The van der Waals surface area contributed by atoms with E-state index in [9.17, 15) is 9.59 Å². The smallest absolute Gasteiger partial charge is 0.340 e. The van der Waals surface area contributed by atoms with Crippen LogP contribution in [0.4, 0.5) is 0 Å². The van der Waals surface area contributed by atoms with Gasteiger partial charge >= 0.3 is 5.63 Å². The van der Waals surface area contributed by atoms with E-state index in [1.165, 1.54) is 4.74 Å². The predicted molar refractivity (Wildman–Crippen MR) is 94.3 cm³/mol. The third-order valence-corrected chi connectivity index (χ3v) is 4.07. The molecule has 0 bridgehead atoms. The van der Waals surface area contributed by atoms with Crippen LogP contribution in [0.25, 0.3) is 11.1 Å². The van der Waals surface area contributed by atoms with Crippen molar-refractivity contribution in [2.24, 2.45) is 7.05 Å². The van der Waals surface area contributed by atoms with Crippen LogP contribution >= 0.6 is 0 Å². The molecule has 0 N–H and O–H groups in total. The average molecular weight is 337 g/mol. The first-order chi connectivity index (χ1) is 12.1. The Morgan fingerprint density at radius 3 is 2.52 bits per heavy atom. The molecule has 0 aliphatic carbocycles. The first-order valence-electron chi connectivity index (χ1n) is 7.98. The number of likely N-dealkylation sites (N-methyl/N-ethyl adjacent to an activating group) is 1. The second kappa shape index (κ2) is 7.17. The molecule has 128 valence electrons. The summed E-state index contributed by atoms with van der Waals surface area (Å²) in [6.45, 7) is 0.524. The van der Waals surface area contributed by atoms with E-state index in [2.05, 4.69) is 4.98 Å². The molecule has 0 unspecified atom stereocenters. The van der Waals surface area contributed by atoms with Gasteiger partial charge in [0.1, 0.15) is 5.56 Å². The van der Waals surface area contributed by atoms with Gasteiger partial charge in [-0.15, -0.1) is 0 Å². The van der Waals surface area contributed by atoms with E-state index in [-0.39, 0.29) is 11.6 Å². The largest absolute Gasteiger partial charge is 0.366 e. The van der Waals surface area contributed by atoms with Crippen molar-refractivity contribution in [1.82, 2.24) is 14.6 Å². The Labute approximate surface area is 145 Å². The summed E-state index contributed by atoms with van der Waals surface area (Å²) >= 11 is 0. The number of nitrogens with zero attached hydrogens (tertiary/aromatic N) is 3. The summed E-state index contributed by atoms with van der Waals surface area (Å²) < 4.78 is 6.39. The Morgan fingerprint density at radius 1 is 1.16 bits per heavy atom. The van der Waals surface area contributed by atoms with Crippen molar-refractivity contribution in [3.05, 3.63) is 76.5 Å². The van der Waals surface area contributed by atoms with Crippen LogP contribution in [0.15, 0.2) is 64.2 Å². The molecule has 0 atom stereocenters. The normalized spacial score (nSPS) is 10.6. The van der Waals surface area contributed by atoms with Crippen LogP contribution in [0.5, 0.6) is 0 Å². The minimum Gasteiger partial charge on any atom is -0.340 e. The molecule has 0 aliphatic heterocycles. The van der Waals surface area contributed by atoms with Crippen molar-refractivity contribution < 1.29 is 9.32 Å². The number of amides is 1. The molecule has 0 saturated carbocycles. The van der Waals surface area contributed by atoms with E-state index in [1.54, 1.807) is 43.5 Å². The second-order valence-corrected chi connectivity index (χ2v) is 5.80. The van der Waals surface area contributed by atoms with Crippen molar-refractivity contribution in [2.45, 2.75) is 6.42 Å². The number of pyridine rings is 1. The van der Waals surface area contributed by atoms with Gasteiger partial charge in [-0.1, -0.05) is 30.3 Å². The zero-order valence-electron chi connectivity index (χ0n) is 14.2. The number of hydrogen-bond acceptors (Lipinski definition) is 4. The van der Waals surface area contributed by atoms with E-state index >= 15 is 0 Å². The quantitative estimate of drug-likeness (QED) is 0.717. The maximum absolute atomic E-state index is 12.9. The number of carbonyl (C=O) groups is 1. The first kappa shape index (κ1) is 16.7. The zero-order chi connectivity index (χ0) is 17.8. The molecule has 6 nitrogen and oxygen atoms in total. The van der Waals surface area contributed by atoms with Gasteiger partial charge in [-0.3, -0.25) is 9.78 Å². The van der Waals surface area contributed by atoms with Crippen LogP contribution < -0.4 is 5.63 Å². The molecule has 2 aromatic heterocycles. The van der Waals surface area contributed by atoms with E-state index in [0.717, 1.165) is 5.56 Å². The van der Waals surface area contributed by atoms with Crippen LogP contribution in [0, 0.1) is 0 Å². The SMILES string of the molecule is CN(CCc1ccncc1)C(=O)c1c(-c2ccccc2)c(=O)on1C. The van der Waals surface area contributed by atoms with E-state index < -0.39 is 5.63 Å². The fraction of sp³-hybridized carbons (Fsp3) is 0.211. The molecule has 1 amide bonds. The second-order valence-electron chi connectivity index (χ2n) is 5.80. The minimum absolute atomic E-state index is 0.249. The van der Waals surface area contributed by atoms with Crippen LogP contribution in [0.3, 0.4) is 0 Å². The first-order valence-corrected chi connectivity index (χ1v) is 7.98. The van der Waals surface area contributed by atoms with Gasteiger partial charge in [0.15, 0.2) is 5.69 Å². The zero-order valence-corrected chi connectivity index (χ0v) is 14.2. The summed E-state index contributed by atoms with van der Waals surface area (Å²) in [7, 11) is 3.29. The molecule has 0 radical (unpaired) electrons. The highest BCUT2D eigenvalue weighted by Crippen LogP contribution is 2.21. The maximum atomic E-state index is 12.9. The van der Waals surface area contributed by atoms with Gasteiger partial charge in [-0.2, -0.15) is 0 Å². The van der Waals surface area contributed by atoms with Gasteiger partial charge in [0, 0.05) is 33.0 Å². The Balaban J connectivity index is 1.86. The lowest BCUT2D eigenvalue weighted by Crippen LogP contribution is -2.30. The van der Waals surface area contributed by atoms with Crippen molar-refractivity contribution >= 4 is 5.91 Å². The Hall–Kier alpha value is -3.15. The topological polar surface area (TPSA) is 68.3 Å². The summed E-state index contributed by atoms with van der Waals surface area (Å²) in [5.74, 6) is -0.249. The van der Waals surface area contributed by atoms with Gasteiger partial charge < -0.3 is 9.42 Å². The molecule has 0 fully saturated rings. The number of aryl methyl sites for hydroxylation is 1. The maximum Gasteiger partial charge on any atom is 0.366 e. The van der Waals surface area contributed by atoms with Crippen LogP contribution in [-0.2, 0) is 13.5 Å². The standard InChI is InChI=1S/C19H19N3O3/c1-21(13-10-14-8-11-20-12-9-14)18(23)17-16(19(24)25-22(17)2)15-6-4-3-5-7-15/h3-9,11-12H,10,13H2,1-2H3. The number of aromatic nitrogens is 2. The summed E-state index contributed by atoms with van der Waals surface area (Å²) in [4.78, 5) is 30.7. The summed E-state index contributed by atoms with van der Waals surface area (Å²) in [5.41, 5.74) is 1.80. The molecule has 0 spiro atoms. The fourth-order valence-electron chi connectivity index (χ4n) is 2.70. The van der Waals surface area contributed by atoms with Crippen molar-refractivity contribution in [2.75, 3.05) is 13.6 Å². The van der Waals surface area contributed by atoms with E-state index in [1.807, 2.05) is 30.3 Å². The summed E-state index contributed by atoms with van der Waals surface area (Å²) in [6.07, 6.45) is 4.16. The van der Waals surface area contributed by atoms with E-state index in [0.29, 0.717) is 24.1 Å². The average Bonchev–Trinajstić information content (AvgIpc) is 2.94. The molecule has 0 aliphatic rings. The molecular formula is C19H19N3O3. The molecule has 2 heterocycles. The monoisotopic (exact) mass is 337 g/mol.